The Balaban J connectivity index is 1.82. The molecule has 0 aliphatic rings. The predicted octanol–water partition coefficient (Wildman–Crippen LogP) is 5.49. The quantitative estimate of drug-likeness (QED) is 0.261. The molecule has 0 saturated heterocycles. The summed E-state index contributed by atoms with van der Waals surface area (Å²) >= 11 is 1.54. The highest BCUT2D eigenvalue weighted by Gasteiger charge is 2.30. The number of methoxy groups -OCH3 is 2. The molecular weight excluding hydrogens is 496 g/mol. The summed E-state index contributed by atoms with van der Waals surface area (Å²) in [4.78, 5) is 28.9. The van der Waals surface area contributed by atoms with Crippen LogP contribution < -0.4 is 14.8 Å². The zero-order valence-electron chi connectivity index (χ0n) is 22.5. The maximum atomic E-state index is 13.7. The van der Waals surface area contributed by atoms with Crippen molar-refractivity contribution in [1.82, 2.24) is 10.2 Å². The van der Waals surface area contributed by atoms with Crippen molar-refractivity contribution in [2.24, 2.45) is 0 Å². The summed E-state index contributed by atoms with van der Waals surface area (Å²) in [7, 11) is 3.26. The van der Waals surface area contributed by atoms with Gasteiger partial charge in [-0.25, -0.2) is 0 Å². The number of rotatable bonds is 15. The van der Waals surface area contributed by atoms with Gasteiger partial charge in [-0.2, -0.15) is 0 Å². The van der Waals surface area contributed by atoms with E-state index in [1.54, 1.807) is 30.9 Å². The third kappa shape index (κ3) is 9.14. The minimum Gasteiger partial charge on any atom is -0.497 e. The van der Waals surface area contributed by atoms with E-state index < -0.39 is 6.04 Å². The van der Waals surface area contributed by atoms with Crippen LogP contribution >= 0.6 is 11.8 Å². The van der Waals surface area contributed by atoms with Crippen molar-refractivity contribution in [3.63, 3.8) is 0 Å². The van der Waals surface area contributed by atoms with Crippen LogP contribution in [0.4, 0.5) is 0 Å². The molecule has 3 rings (SSSR count). The first-order valence-electron chi connectivity index (χ1n) is 13.0. The topological polar surface area (TPSA) is 67.9 Å². The predicted molar refractivity (Wildman–Crippen MR) is 155 cm³/mol. The van der Waals surface area contributed by atoms with Crippen LogP contribution in [0.1, 0.15) is 36.5 Å². The van der Waals surface area contributed by atoms with Crippen molar-refractivity contribution in [2.45, 2.75) is 44.5 Å². The maximum Gasteiger partial charge on any atom is 0.243 e. The van der Waals surface area contributed by atoms with Crippen molar-refractivity contribution in [3.05, 3.63) is 95.6 Å². The van der Waals surface area contributed by atoms with Crippen LogP contribution in [0.5, 0.6) is 11.5 Å². The van der Waals surface area contributed by atoms with E-state index in [2.05, 4.69) is 12.2 Å². The minimum atomic E-state index is -0.630. The van der Waals surface area contributed by atoms with Crippen LogP contribution in [-0.2, 0) is 28.3 Å². The van der Waals surface area contributed by atoms with Gasteiger partial charge in [0, 0.05) is 25.3 Å². The van der Waals surface area contributed by atoms with Gasteiger partial charge in [-0.05, 0) is 47.4 Å². The van der Waals surface area contributed by atoms with E-state index >= 15 is 0 Å². The van der Waals surface area contributed by atoms with Crippen LogP contribution in [0, 0.1) is 0 Å². The lowest BCUT2D eigenvalue weighted by Crippen LogP contribution is -2.51. The lowest BCUT2D eigenvalue weighted by Gasteiger charge is -2.31. The van der Waals surface area contributed by atoms with Crippen molar-refractivity contribution in [3.8, 4) is 11.5 Å². The Bertz CT molecular complexity index is 1140. The molecule has 3 aromatic rings. The summed E-state index contributed by atoms with van der Waals surface area (Å²) in [6.45, 7) is 3.00. The Morgan fingerprint density at radius 2 is 1.58 bits per heavy atom. The third-order valence-electron chi connectivity index (χ3n) is 6.24. The number of nitrogens with zero attached hydrogens (tertiary/aromatic N) is 1. The van der Waals surface area contributed by atoms with E-state index in [-0.39, 0.29) is 17.6 Å². The van der Waals surface area contributed by atoms with Gasteiger partial charge in [0.25, 0.3) is 0 Å². The van der Waals surface area contributed by atoms with Gasteiger partial charge in [0.2, 0.25) is 11.8 Å². The molecule has 0 radical (unpaired) electrons. The monoisotopic (exact) mass is 534 g/mol. The van der Waals surface area contributed by atoms with Gasteiger partial charge in [-0.3, -0.25) is 9.59 Å². The van der Waals surface area contributed by atoms with Crippen molar-refractivity contribution >= 4 is 23.6 Å². The zero-order chi connectivity index (χ0) is 27.2. The lowest BCUT2D eigenvalue weighted by molar-refractivity contribution is -0.139. The fourth-order valence-corrected chi connectivity index (χ4v) is 4.96. The average molecular weight is 535 g/mol. The Labute approximate surface area is 230 Å². The SMILES string of the molecule is CCCCNC(=O)C(Cc1ccccc1)N(Cc1cccc(OC)c1)C(=O)CSCc1ccc(OC)cc1. The molecule has 0 fully saturated rings. The molecule has 0 aromatic heterocycles. The van der Waals surface area contributed by atoms with Gasteiger partial charge in [0.1, 0.15) is 17.5 Å². The third-order valence-corrected chi connectivity index (χ3v) is 7.23. The Kier molecular flexibility index (Phi) is 12.0. The Hall–Kier alpha value is -3.45. The van der Waals surface area contributed by atoms with E-state index in [9.17, 15) is 9.59 Å². The van der Waals surface area contributed by atoms with Gasteiger partial charge < -0.3 is 19.7 Å². The van der Waals surface area contributed by atoms with Crippen molar-refractivity contribution in [1.29, 1.82) is 0 Å². The fourth-order valence-electron chi connectivity index (χ4n) is 4.09. The molecule has 1 unspecified atom stereocenters. The molecule has 6 nitrogen and oxygen atoms in total. The number of thioether (sulfide) groups is 1. The molecule has 7 heteroatoms. The molecule has 202 valence electrons. The molecule has 0 heterocycles. The van der Waals surface area contributed by atoms with E-state index in [1.807, 2.05) is 78.9 Å². The second-order valence-corrected chi connectivity index (χ2v) is 10.0. The summed E-state index contributed by atoms with van der Waals surface area (Å²) in [5, 5.41) is 3.06. The second kappa shape index (κ2) is 15.7. The van der Waals surface area contributed by atoms with Crippen LogP contribution in [-0.4, -0.2) is 49.3 Å². The van der Waals surface area contributed by atoms with Crippen LogP contribution in [0.15, 0.2) is 78.9 Å². The van der Waals surface area contributed by atoms with E-state index in [4.69, 9.17) is 9.47 Å². The van der Waals surface area contributed by atoms with Crippen LogP contribution in [0.2, 0.25) is 0 Å². The number of carbonyl (C=O) groups excluding carboxylic acids is 2. The molecule has 0 aliphatic carbocycles. The number of amides is 2. The van der Waals surface area contributed by atoms with E-state index in [0.29, 0.717) is 25.3 Å². The van der Waals surface area contributed by atoms with Crippen LogP contribution in [0.3, 0.4) is 0 Å². The van der Waals surface area contributed by atoms with E-state index in [0.717, 1.165) is 41.0 Å². The molecular formula is C31H38N2O4S. The molecule has 1 N–H and O–H groups in total. The zero-order valence-corrected chi connectivity index (χ0v) is 23.3. The van der Waals surface area contributed by atoms with Gasteiger partial charge in [0.05, 0.1) is 20.0 Å². The molecule has 3 aromatic carbocycles. The van der Waals surface area contributed by atoms with Crippen LogP contribution in [0.25, 0.3) is 0 Å². The molecule has 2 amide bonds. The number of unbranched alkanes of at least 4 members (excludes halogenated alkanes) is 1. The summed E-state index contributed by atoms with van der Waals surface area (Å²) < 4.78 is 10.6. The number of hydrogen-bond acceptors (Lipinski definition) is 5. The first-order chi connectivity index (χ1) is 18.5. The highest BCUT2D eigenvalue weighted by Crippen LogP contribution is 2.21. The standard InChI is InChI=1S/C31H38N2O4S/c1-4-5-18-32-31(35)29(20-24-10-7-6-8-11-24)33(21-26-12-9-13-28(19-26)37-3)30(34)23-38-22-25-14-16-27(36-2)17-15-25/h6-17,19,29H,4-5,18,20-23H2,1-3H3,(H,32,35). The first-order valence-corrected chi connectivity index (χ1v) is 14.1. The highest BCUT2D eigenvalue weighted by atomic mass is 32.2. The number of carbonyl (C=O) groups is 2. The molecule has 38 heavy (non-hydrogen) atoms. The van der Waals surface area contributed by atoms with Gasteiger partial charge >= 0.3 is 0 Å². The molecule has 0 bridgehead atoms. The summed E-state index contributed by atoms with van der Waals surface area (Å²) in [5.41, 5.74) is 3.04. The Morgan fingerprint density at radius 1 is 0.868 bits per heavy atom. The normalized spacial score (nSPS) is 11.4. The lowest BCUT2D eigenvalue weighted by atomic mass is 10.0. The molecule has 0 aliphatic heterocycles. The second-order valence-electron chi connectivity index (χ2n) is 9.06. The fraction of sp³-hybridized carbons (Fsp3) is 0.355. The molecule has 1 atom stereocenters. The maximum absolute atomic E-state index is 13.7. The number of benzene rings is 3. The summed E-state index contributed by atoms with van der Waals surface area (Å²) in [6, 6.07) is 24.7. The average Bonchev–Trinajstić information content (AvgIpc) is 2.96. The largest absolute Gasteiger partial charge is 0.497 e. The molecule has 0 saturated carbocycles. The summed E-state index contributed by atoms with van der Waals surface area (Å²) in [6.07, 6.45) is 2.32. The molecule has 0 spiro atoms. The van der Waals surface area contributed by atoms with Crippen molar-refractivity contribution in [2.75, 3.05) is 26.5 Å². The minimum absolute atomic E-state index is 0.0714. The van der Waals surface area contributed by atoms with Gasteiger partial charge in [0.15, 0.2) is 0 Å². The van der Waals surface area contributed by atoms with Gasteiger partial charge in [-0.1, -0.05) is 67.9 Å². The van der Waals surface area contributed by atoms with E-state index in [1.165, 1.54) is 0 Å². The summed E-state index contributed by atoms with van der Waals surface area (Å²) in [5.74, 6) is 2.28. The smallest absolute Gasteiger partial charge is 0.243 e. The van der Waals surface area contributed by atoms with Gasteiger partial charge in [-0.15, -0.1) is 11.8 Å². The highest BCUT2D eigenvalue weighted by molar-refractivity contribution is 7.99. The first kappa shape index (κ1) is 29.1. The van der Waals surface area contributed by atoms with Crippen molar-refractivity contribution < 1.29 is 19.1 Å². The number of nitrogens with one attached hydrogen (secondary N) is 1. The number of hydrogen-bond donors (Lipinski definition) is 1. The Morgan fingerprint density at radius 3 is 2.26 bits per heavy atom. The number of ether oxygens (including phenoxy) is 2.